The van der Waals surface area contributed by atoms with Crippen molar-refractivity contribution in [2.24, 2.45) is 0 Å². The summed E-state index contributed by atoms with van der Waals surface area (Å²) in [6, 6.07) is 15.4. The highest BCUT2D eigenvalue weighted by atomic mass is 31.2. The Morgan fingerprint density at radius 3 is 2.06 bits per heavy atom. The van der Waals surface area contributed by atoms with Crippen molar-refractivity contribution in [3.63, 3.8) is 0 Å². The van der Waals surface area contributed by atoms with Crippen LogP contribution in [0.15, 0.2) is 48.5 Å². The largest absolute Gasteiger partial charge is 0.480 e. The summed E-state index contributed by atoms with van der Waals surface area (Å²) < 4.78 is 26.1. The number of ether oxygens (including phenoxy) is 1. The SMILES string of the molecule is CCC(C)(NP(=O)(COCc1ccccc1)Oc1c(C(C)C)cccc1C(C)C)C(=O)O. The van der Waals surface area contributed by atoms with E-state index < -0.39 is 19.0 Å². The molecule has 2 aromatic carbocycles. The van der Waals surface area contributed by atoms with Gasteiger partial charge in [-0.1, -0.05) is 83.1 Å². The number of aliphatic carboxylic acids is 1. The van der Waals surface area contributed by atoms with Crippen LogP contribution in [0.3, 0.4) is 0 Å². The van der Waals surface area contributed by atoms with Gasteiger partial charge in [-0.15, -0.1) is 0 Å². The van der Waals surface area contributed by atoms with Gasteiger partial charge in [-0.3, -0.25) is 9.36 Å². The maximum Gasteiger partial charge on any atom is 0.342 e. The quantitative estimate of drug-likeness (QED) is 0.350. The maximum atomic E-state index is 14.1. The summed E-state index contributed by atoms with van der Waals surface area (Å²) in [6.07, 6.45) is -0.0219. The maximum absolute atomic E-state index is 14.1. The molecule has 0 spiro atoms. The van der Waals surface area contributed by atoms with E-state index in [2.05, 4.69) is 5.09 Å². The summed E-state index contributed by atoms with van der Waals surface area (Å²) in [5, 5.41) is 12.6. The average Bonchev–Trinajstić information content (AvgIpc) is 2.73. The van der Waals surface area contributed by atoms with E-state index in [0.717, 1.165) is 16.7 Å². The average molecular weight is 462 g/mol. The van der Waals surface area contributed by atoms with Gasteiger partial charge in [-0.2, -0.15) is 0 Å². The lowest BCUT2D eigenvalue weighted by Gasteiger charge is -2.32. The van der Waals surface area contributed by atoms with Crippen LogP contribution in [0.4, 0.5) is 0 Å². The number of carboxylic acids is 1. The number of hydrogen-bond donors (Lipinski definition) is 2. The fraction of sp³-hybridized carbons (Fsp3) is 0.480. The zero-order chi connectivity index (χ0) is 23.9. The molecule has 0 radical (unpaired) electrons. The molecule has 2 unspecified atom stereocenters. The predicted molar refractivity (Wildman–Crippen MR) is 128 cm³/mol. The molecule has 2 rings (SSSR count). The Hall–Kier alpha value is -2.14. The van der Waals surface area contributed by atoms with E-state index >= 15 is 0 Å². The standard InChI is InChI=1S/C25H36NO5P/c1-7-25(6,24(27)28)26-32(29,17-30-16-20-12-9-8-10-13-20)31-23-21(18(2)3)14-11-15-22(23)19(4)5/h8-15,18-19H,7,16-17H2,1-6H3,(H,26,29)(H,27,28). The lowest BCUT2D eigenvalue weighted by Crippen LogP contribution is -2.48. The van der Waals surface area contributed by atoms with Crippen molar-refractivity contribution in [3.05, 3.63) is 65.2 Å². The molecule has 2 atom stereocenters. The van der Waals surface area contributed by atoms with Crippen LogP contribution >= 0.6 is 7.52 Å². The number of para-hydroxylation sites is 1. The van der Waals surface area contributed by atoms with Gasteiger partial charge in [0.2, 0.25) is 0 Å². The van der Waals surface area contributed by atoms with Gasteiger partial charge in [0.25, 0.3) is 0 Å². The highest BCUT2D eigenvalue weighted by Crippen LogP contribution is 2.49. The van der Waals surface area contributed by atoms with Crippen LogP contribution in [0, 0.1) is 0 Å². The summed E-state index contributed by atoms with van der Waals surface area (Å²) >= 11 is 0. The number of nitrogens with one attached hydrogen (secondary N) is 1. The third-order valence-corrected chi connectivity index (χ3v) is 7.36. The van der Waals surface area contributed by atoms with Crippen molar-refractivity contribution in [2.45, 2.75) is 71.9 Å². The van der Waals surface area contributed by atoms with Crippen LogP contribution in [0.25, 0.3) is 0 Å². The minimum Gasteiger partial charge on any atom is -0.480 e. The van der Waals surface area contributed by atoms with Gasteiger partial charge >= 0.3 is 13.5 Å². The van der Waals surface area contributed by atoms with Gasteiger partial charge < -0.3 is 14.4 Å². The number of carboxylic acid groups (broad SMARTS) is 1. The third kappa shape index (κ3) is 6.68. The normalized spacial score (nSPS) is 15.4. The predicted octanol–water partition coefficient (Wildman–Crippen LogP) is 6.52. The lowest BCUT2D eigenvalue weighted by atomic mass is 9.94. The minimum absolute atomic E-state index is 0.138. The zero-order valence-corrected chi connectivity index (χ0v) is 20.8. The Labute approximate surface area is 191 Å². The number of benzene rings is 2. The molecule has 0 aliphatic rings. The second-order valence-electron chi connectivity index (χ2n) is 8.91. The van der Waals surface area contributed by atoms with Gasteiger partial charge in [0.05, 0.1) is 6.61 Å². The first-order valence-electron chi connectivity index (χ1n) is 11.1. The first kappa shape index (κ1) is 26.1. The van der Waals surface area contributed by atoms with E-state index in [1.54, 1.807) is 6.92 Å². The molecular formula is C25H36NO5P. The summed E-state index contributed by atoms with van der Waals surface area (Å²) in [6.45, 7) is 11.7. The molecule has 0 fully saturated rings. The smallest absolute Gasteiger partial charge is 0.342 e. The Morgan fingerprint density at radius 1 is 1.03 bits per heavy atom. The van der Waals surface area contributed by atoms with Gasteiger partial charge in [0.15, 0.2) is 0 Å². The molecule has 0 saturated heterocycles. The third-order valence-electron chi connectivity index (χ3n) is 5.53. The van der Waals surface area contributed by atoms with E-state index in [1.807, 2.05) is 76.2 Å². The molecule has 6 nitrogen and oxygen atoms in total. The van der Waals surface area contributed by atoms with E-state index in [0.29, 0.717) is 5.75 Å². The lowest BCUT2D eigenvalue weighted by molar-refractivity contribution is -0.143. The first-order valence-corrected chi connectivity index (χ1v) is 12.9. The van der Waals surface area contributed by atoms with Gasteiger partial charge in [0, 0.05) is 0 Å². The molecule has 0 aliphatic carbocycles. The van der Waals surface area contributed by atoms with Crippen molar-refractivity contribution in [3.8, 4) is 5.75 Å². The van der Waals surface area contributed by atoms with Gasteiger partial charge in [0.1, 0.15) is 17.6 Å². The molecule has 0 saturated carbocycles. The highest BCUT2D eigenvalue weighted by molar-refractivity contribution is 7.57. The van der Waals surface area contributed by atoms with Crippen LogP contribution < -0.4 is 9.61 Å². The van der Waals surface area contributed by atoms with Crippen LogP contribution in [-0.2, 0) is 20.7 Å². The molecule has 7 heteroatoms. The fourth-order valence-electron chi connectivity index (χ4n) is 3.33. The van der Waals surface area contributed by atoms with Crippen molar-refractivity contribution in [1.82, 2.24) is 5.09 Å². The Bertz CT molecular complexity index is 918. The minimum atomic E-state index is -3.76. The van der Waals surface area contributed by atoms with Crippen LogP contribution in [0.5, 0.6) is 5.75 Å². The number of hydrogen-bond acceptors (Lipinski definition) is 4. The molecular weight excluding hydrogens is 425 g/mol. The van der Waals surface area contributed by atoms with Crippen LogP contribution in [-0.4, -0.2) is 23.0 Å². The van der Waals surface area contributed by atoms with E-state index in [9.17, 15) is 14.5 Å². The van der Waals surface area contributed by atoms with Crippen molar-refractivity contribution < 1.29 is 23.7 Å². The van der Waals surface area contributed by atoms with Gasteiger partial charge in [-0.25, -0.2) is 5.09 Å². The Balaban J connectivity index is 2.42. The Morgan fingerprint density at radius 2 is 1.59 bits per heavy atom. The number of rotatable bonds is 12. The second kappa shape index (κ2) is 11.1. The molecule has 176 valence electrons. The topological polar surface area (TPSA) is 84.9 Å². The molecule has 32 heavy (non-hydrogen) atoms. The molecule has 0 bridgehead atoms. The van der Waals surface area contributed by atoms with Crippen molar-refractivity contribution >= 4 is 13.5 Å². The fourth-order valence-corrected chi connectivity index (χ4v) is 5.34. The molecule has 0 aliphatic heterocycles. The van der Waals surface area contributed by atoms with E-state index in [1.165, 1.54) is 6.92 Å². The van der Waals surface area contributed by atoms with Gasteiger partial charge in [-0.05, 0) is 41.9 Å². The van der Waals surface area contributed by atoms with E-state index in [4.69, 9.17) is 9.26 Å². The Kier molecular flexibility index (Phi) is 9.08. The summed E-state index contributed by atoms with van der Waals surface area (Å²) in [4.78, 5) is 11.9. The van der Waals surface area contributed by atoms with Crippen molar-refractivity contribution in [2.75, 3.05) is 6.35 Å². The monoisotopic (exact) mass is 461 g/mol. The summed E-state index contributed by atoms with van der Waals surface area (Å²) in [5.74, 6) is -0.271. The summed E-state index contributed by atoms with van der Waals surface area (Å²) in [7, 11) is -3.76. The highest BCUT2D eigenvalue weighted by Gasteiger charge is 2.41. The van der Waals surface area contributed by atoms with E-state index in [-0.39, 0.29) is 31.2 Å². The molecule has 0 heterocycles. The molecule has 2 N–H and O–H groups in total. The number of carbonyl (C=O) groups is 1. The van der Waals surface area contributed by atoms with Crippen LogP contribution in [0.2, 0.25) is 0 Å². The first-order chi connectivity index (χ1) is 15.0. The summed E-state index contributed by atoms with van der Waals surface area (Å²) in [5.41, 5.74) is 1.36. The van der Waals surface area contributed by atoms with Crippen LogP contribution in [0.1, 0.15) is 76.5 Å². The molecule has 0 amide bonds. The van der Waals surface area contributed by atoms with Crippen molar-refractivity contribution in [1.29, 1.82) is 0 Å². The zero-order valence-electron chi connectivity index (χ0n) is 19.9. The second-order valence-corrected chi connectivity index (χ2v) is 10.9. The molecule has 2 aromatic rings. The molecule has 0 aromatic heterocycles.